The standard InChI is InChI=1S/C26H29ClN2O7/c1-6-35-17-8-9-19(27)18(14-17)24(31)22-23(29(12-11-28(3)4)26(33)25(22)32)16-7-10-20(34-5)21(13-16)36-15(2)30/h7-10,13-14,23,31H,6,11-12H2,1-5H3/b24-22+. The third-order valence-electron chi connectivity index (χ3n) is 5.59. The highest BCUT2D eigenvalue weighted by atomic mass is 35.5. The highest BCUT2D eigenvalue weighted by molar-refractivity contribution is 6.47. The summed E-state index contributed by atoms with van der Waals surface area (Å²) in [4.78, 5) is 41.3. The van der Waals surface area contributed by atoms with Gasteiger partial charge < -0.3 is 29.1 Å². The molecule has 0 spiro atoms. The van der Waals surface area contributed by atoms with E-state index in [0.717, 1.165) is 0 Å². The molecule has 2 aromatic carbocycles. The fraction of sp³-hybridized carbons (Fsp3) is 0.346. The minimum atomic E-state index is -0.961. The molecule has 10 heteroatoms. The summed E-state index contributed by atoms with van der Waals surface area (Å²) in [6.07, 6.45) is 0. The minimum absolute atomic E-state index is 0.122. The van der Waals surface area contributed by atoms with Crippen LogP contribution in [0.5, 0.6) is 17.2 Å². The molecule has 1 N–H and O–H groups in total. The second kappa shape index (κ2) is 11.5. The number of hydrogen-bond acceptors (Lipinski definition) is 8. The fourth-order valence-corrected chi connectivity index (χ4v) is 4.16. The molecule has 0 saturated carbocycles. The Kier molecular flexibility index (Phi) is 8.60. The molecule has 0 aliphatic carbocycles. The summed E-state index contributed by atoms with van der Waals surface area (Å²) in [5.41, 5.74) is 0.476. The predicted molar refractivity (Wildman–Crippen MR) is 134 cm³/mol. The van der Waals surface area contributed by atoms with Gasteiger partial charge in [-0.25, -0.2) is 0 Å². The van der Waals surface area contributed by atoms with E-state index in [-0.39, 0.29) is 28.5 Å². The predicted octanol–water partition coefficient (Wildman–Crippen LogP) is 3.66. The summed E-state index contributed by atoms with van der Waals surface area (Å²) in [5.74, 6) is -1.73. The SMILES string of the molecule is CCOc1ccc(Cl)c(/C(O)=C2\C(=O)C(=O)N(CCN(C)C)C2c2ccc(OC)c(OC(C)=O)c2)c1. The lowest BCUT2D eigenvalue weighted by molar-refractivity contribution is -0.140. The van der Waals surface area contributed by atoms with Gasteiger partial charge in [-0.05, 0) is 56.9 Å². The second-order valence-corrected chi connectivity index (χ2v) is 8.78. The number of ketones is 1. The maximum Gasteiger partial charge on any atom is 0.308 e. The maximum atomic E-state index is 13.3. The van der Waals surface area contributed by atoms with Crippen molar-refractivity contribution >= 4 is 35.0 Å². The Balaban J connectivity index is 2.23. The monoisotopic (exact) mass is 516 g/mol. The first-order valence-corrected chi connectivity index (χ1v) is 11.7. The van der Waals surface area contributed by atoms with Gasteiger partial charge in [-0.1, -0.05) is 17.7 Å². The number of carbonyl (C=O) groups is 3. The Morgan fingerprint density at radius 2 is 1.86 bits per heavy atom. The molecule has 3 rings (SSSR count). The maximum absolute atomic E-state index is 13.3. The fourth-order valence-electron chi connectivity index (χ4n) is 3.95. The highest BCUT2D eigenvalue weighted by Gasteiger charge is 2.46. The number of likely N-dealkylation sites (tertiary alicyclic amines) is 1. The lowest BCUT2D eigenvalue weighted by atomic mass is 9.95. The van der Waals surface area contributed by atoms with E-state index in [4.69, 9.17) is 25.8 Å². The van der Waals surface area contributed by atoms with Gasteiger partial charge in [0.2, 0.25) is 0 Å². The van der Waals surface area contributed by atoms with Crippen molar-refractivity contribution in [2.75, 3.05) is 40.9 Å². The molecule has 0 bridgehead atoms. The van der Waals surface area contributed by atoms with Crippen LogP contribution >= 0.6 is 11.6 Å². The Morgan fingerprint density at radius 3 is 2.47 bits per heavy atom. The number of rotatable bonds is 9. The topological polar surface area (TPSA) is 106 Å². The van der Waals surface area contributed by atoms with Crippen LogP contribution in [0.1, 0.15) is 31.0 Å². The Morgan fingerprint density at radius 1 is 1.14 bits per heavy atom. The van der Waals surface area contributed by atoms with Crippen molar-refractivity contribution < 1.29 is 33.7 Å². The van der Waals surface area contributed by atoms with E-state index in [2.05, 4.69) is 0 Å². The van der Waals surface area contributed by atoms with Crippen LogP contribution < -0.4 is 14.2 Å². The third kappa shape index (κ3) is 5.63. The number of nitrogens with zero attached hydrogens (tertiary/aromatic N) is 2. The van der Waals surface area contributed by atoms with E-state index in [1.165, 1.54) is 31.1 Å². The normalized spacial score (nSPS) is 17.0. The zero-order valence-electron chi connectivity index (χ0n) is 20.8. The molecular formula is C26H29ClN2O7. The molecular weight excluding hydrogens is 488 g/mol. The highest BCUT2D eigenvalue weighted by Crippen LogP contribution is 2.43. The lowest BCUT2D eigenvalue weighted by Gasteiger charge is -2.27. The van der Waals surface area contributed by atoms with Gasteiger partial charge in [-0.3, -0.25) is 14.4 Å². The van der Waals surface area contributed by atoms with E-state index in [1.807, 2.05) is 25.9 Å². The van der Waals surface area contributed by atoms with Gasteiger partial charge in [0.05, 0.1) is 30.4 Å². The van der Waals surface area contributed by atoms with Crippen molar-refractivity contribution in [1.29, 1.82) is 0 Å². The van der Waals surface area contributed by atoms with E-state index in [0.29, 0.717) is 30.2 Å². The Hall–Kier alpha value is -3.56. The molecule has 1 saturated heterocycles. The number of aliphatic hydroxyl groups excluding tert-OH is 1. The van der Waals surface area contributed by atoms with Gasteiger partial charge in [0, 0.05) is 25.6 Å². The Bertz CT molecular complexity index is 1210. The van der Waals surface area contributed by atoms with Crippen molar-refractivity contribution in [2.24, 2.45) is 0 Å². The van der Waals surface area contributed by atoms with Crippen LogP contribution in [0, 0.1) is 0 Å². The summed E-state index contributed by atoms with van der Waals surface area (Å²) in [6, 6.07) is 8.49. The number of hydrogen-bond donors (Lipinski definition) is 1. The first-order chi connectivity index (χ1) is 17.1. The van der Waals surface area contributed by atoms with E-state index in [9.17, 15) is 19.5 Å². The van der Waals surface area contributed by atoms with Gasteiger partial charge in [-0.15, -0.1) is 0 Å². The number of aliphatic hydroxyl groups is 1. The van der Waals surface area contributed by atoms with Gasteiger partial charge in [0.15, 0.2) is 11.5 Å². The quantitative estimate of drug-likeness (QED) is 0.177. The zero-order chi connectivity index (χ0) is 26.6. The molecule has 1 unspecified atom stereocenters. The van der Waals surface area contributed by atoms with Crippen molar-refractivity contribution in [1.82, 2.24) is 9.80 Å². The minimum Gasteiger partial charge on any atom is -0.507 e. The summed E-state index contributed by atoms with van der Waals surface area (Å²) >= 11 is 6.37. The number of amides is 1. The molecule has 0 radical (unpaired) electrons. The smallest absolute Gasteiger partial charge is 0.308 e. The van der Waals surface area contributed by atoms with E-state index in [1.54, 1.807) is 24.3 Å². The molecule has 36 heavy (non-hydrogen) atoms. The van der Waals surface area contributed by atoms with Crippen molar-refractivity contribution in [3.8, 4) is 17.2 Å². The Labute approximate surface area is 214 Å². The number of likely N-dealkylation sites (N-methyl/N-ethyl adjacent to an activating group) is 1. The van der Waals surface area contributed by atoms with Crippen LogP contribution in [0.15, 0.2) is 42.0 Å². The largest absolute Gasteiger partial charge is 0.507 e. The van der Waals surface area contributed by atoms with Crippen molar-refractivity contribution in [3.63, 3.8) is 0 Å². The molecule has 1 fully saturated rings. The molecule has 1 amide bonds. The van der Waals surface area contributed by atoms with Gasteiger partial charge in [-0.2, -0.15) is 0 Å². The number of esters is 1. The number of halogens is 1. The molecule has 1 aliphatic rings. The van der Waals surface area contributed by atoms with Gasteiger partial charge >= 0.3 is 5.97 Å². The van der Waals surface area contributed by atoms with Crippen LogP contribution in [0.4, 0.5) is 0 Å². The van der Waals surface area contributed by atoms with Crippen LogP contribution in [0.25, 0.3) is 5.76 Å². The zero-order valence-corrected chi connectivity index (χ0v) is 21.6. The lowest BCUT2D eigenvalue weighted by Crippen LogP contribution is -2.35. The molecule has 1 heterocycles. The molecule has 1 atom stereocenters. The molecule has 1 aliphatic heterocycles. The second-order valence-electron chi connectivity index (χ2n) is 8.37. The molecule has 192 valence electrons. The van der Waals surface area contributed by atoms with E-state index >= 15 is 0 Å². The first-order valence-electron chi connectivity index (χ1n) is 11.3. The molecule has 0 aromatic heterocycles. The van der Waals surface area contributed by atoms with E-state index < -0.39 is 29.5 Å². The summed E-state index contributed by atoms with van der Waals surface area (Å²) in [7, 11) is 5.12. The summed E-state index contributed by atoms with van der Waals surface area (Å²) in [6.45, 7) is 4.14. The molecule has 2 aromatic rings. The van der Waals surface area contributed by atoms with Crippen LogP contribution in [0.3, 0.4) is 0 Å². The number of methoxy groups -OCH3 is 1. The average Bonchev–Trinajstić information content (AvgIpc) is 3.08. The summed E-state index contributed by atoms with van der Waals surface area (Å²) < 4.78 is 16.1. The van der Waals surface area contributed by atoms with Gasteiger partial charge in [0.25, 0.3) is 11.7 Å². The van der Waals surface area contributed by atoms with Gasteiger partial charge in [0.1, 0.15) is 11.5 Å². The average molecular weight is 517 g/mol. The van der Waals surface area contributed by atoms with Crippen molar-refractivity contribution in [3.05, 3.63) is 58.1 Å². The van der Waals surface area contributed by atoms with Crippen molar-refractivity contribution in [2.45, 2.75) is 19.9 Å². The molecule has 9 nitrogen and oxygen atoms in total. The van der Waals surface area contributed by atoms with Crippen LogP contribution in [-0.2, 0) is 14.4 Å². The first kappa shape index (κ1) is 27.0. The number of carbonyl (C=O) groups excluding carboxylic acids is 3. The number of benzene rings is 2. The van der Waals surface area contributed by atoms with Crippen LogP contribution in [-0.4, -0.2) is 73.5 Å². The summed E-state index contributed by atoms with van der Waals surface area (Å²) in [5, 5.41) is 11.5. The third-order valence-corrected chi connectivity index (χ3v) is 5.92. The number of Topliss-reactive ketones (excluding diaryl/α,β-unsaturated/α-hetero) is 1. The van der Waals surface area contributed by atoms with Crippen LogP contribution in [0.2, 0.25) is 5.02 Å². The number of ether oxygens (including phenoxy) is 3.